The van der Waals surface area contributed by atoms with Crippen LogP contribution in [0.4, 0.5) is 5.69 Å². The highest BCUT2D eigenvalue weighted by Crippen LogP contribution is 2.32. The highest BCUT2D eigenvalue weighted by molar-refractivity contribution is 5.98. The summed E-state index contributed by atoms with van der Waals surface area (Å²) in [6, 6.07) is 18.9. The number of amides is 1. The number of pyridine rings is 1. The molecule has 7 heteroatoms. The first-order valence-electron chi connectivity index (χ1n) is 14.8. The third-order valence-electron chi connectivity index (χ3n) is 8.44. The molecule has 2 aliphatic heterocycles. The van der Waals surface area contributed by atoms with E-state index in [0.29, 0.717) is 12.1 Å². The maximum atomic E-state index is 12.7. The number of hydrogen-bond acceptors (Lipinski definition) is 5. The number of H-pyrrole nitrogens is 1. The van der Waals surface area contributed by atoms with Gasteiger partial charge in [0.15, 0.2) is 0 Å². The number of aromatic amines is 1. The van der Waals surface area contributed by atoms with Gasteiger partial charge in [0, 0.05) is 72.9 Å². The van der Waals surface area contributed by atoms with Gasteiger partial charge in [-0.2, -0.15) is 0 Å². The standard InChI is InChI=1S/C33H40N6O/c1-37-18-20-39(21-19-37)29-12-10-25(11-13-29)28-22-30-31(24-36-32(30)35-23-28)26-6-8-27(9-7-26)33(40)34-14-5-17-38-15-3-2-4-16-38/h6-13,22-24H,2-5,14-21H2,1H3,(H,34,40)(H,35,36). The number of carbonyl (C=O) groups is 1. The second-order valence-electron chi connectivity index (χ2n) is 11.2. The van der Waals surface area contributed by atoms with Crippen LogP contribution in [0, 0.1) is 0 Å². The Hall–Kier alpha value is -3.68. The molecule has 208 valence electrons. The van der Waals surface area contributed by atoms with Crippen molar-refractivity contribution in [3.8, 4) is 22.3 Å². The lowest BCUT2D eigenvalue weighted by Crippen LogP contribution is -2.44. The Morgan fingerprint density at radius 3 is 2.35 bits per heavy atom. The maximum absolute atomic E-state index is 12.7. The number of anilines is 1. The summed E-state index contributed by atoms with van der Waals surface area (Å²) in [5, 5.41) is 4.17. The van der Waals surface area contributed by atoms with Gasteiger partial charge in [0.1, 0.15) is 5.65 Å². The van der Waals surface area contributed by atoms with Crippen LogP contribution in [0.2, 0.25) is 0 Å². The van der Waals surface area contributed by atoms with E-state index in [0.717, 1.165) is 72.4 Å². The molecule has 0 bridgehead atoms. The number of fused-ring (bicyclic) bond motifs is 1. The highest BCUT2D eigenvalue weighted by Gasteiger charge is 2.15. The monoisotopic (exact) mass is 536 g/mol. The van der Waals surface area contributed by atoms with Gasteiger partial charge in [-0.05, 0) is 87.4 Å². The molecule has 1 amide bonds. The van der Waals surface area contributed by atoms with Crippen molar-refractivity contribution >= 4 is 22.6 Å². The summed E-state index contributed by atoms with van der Waals surface area (Å²) in [6.07, 6.45) is 8.89. The summed E-state index contributed by atoms with van der Waals surface area (Å²) in [5.74, 6) is -0.00639. The SMILES string of the molecule is CN1CCN(c2ccc(-c3cnc4[nH]cc(-c5ccc(C(=O)NCCCN6CCCCC6)cc5)c4c3)cc2)CC1. The first kappa shape index (κ1) is 26.5. The zero-order chi connectivity index (χ0) is 27.3. The van der Waals surface area contributed by atoms with Crippen molar-refractivity contribution in [2.45, 2.75) is 25.7 Å². The molecule has 4 aromatic rings. The van der Waals surface area contributed by atoms with Crippen LogP contribution in [0.25, 0.3) is 33.3 Å². The van der Waals surface area contributed by atoms with Crippen LogP contribution in [0.3, 0.4) is 0 Å². The van der Waals surface area contributed by atoms with Crippen molar-refractivity contribution < 1.29 is 4.79 Å². The van der Waals surface area contributed by atoms with Crippen molar-refractivity contribution in [1.82, 2.24) is 25.1 Å². The second-order valence-corrected chi connectivity index (χ2v) is 11.2. The van der Waals surface area contributed by atoms with Crippen molar-refractivity contribution in [1.29, 1.82) is 0 Å². The van der Waals surface area contributed by atoms with Crippen molar-refractivity contribution in [3.05, 3.63) is 72.6 Å². The molecule has 2 aliphatic rings. The van der Waals surface area contributed by atoms with E-state index < -0.39 is 0 Å². The number of piperazine rings is 1. The Morgan fingerprint density at radius 2 is 1.60 bits per heavy atom. The molecule has 2 aromatic heterocycles. The number of piperidine rings is 1. The van der Waals surface area contributed by atoms with Gasteiger partial charge >= 0.3 is 0 Å². The van der Waals surface area contributed by atoms with Crippen molar-refractivity contribution in [3.63, 3.8) is 0 Å². The second kappa shape index (κ2) is 12.2. The molecule has 0 saturated carbocycles. The van der Waals surface area contributed by atoms with E-state index in [2.05, 4.69) is 62.4 Å². The molecular formula is C33H40N6O. The molecule has 2 N–H and O–H groups in total. The first-order valence-corrected chi connectivity index (χ1v) is 14.8. The van der Waals surface area contributed by atoms with Gasteiger partial charge in [0.25, 0.3) is 5.91 Å². The lowest BCUT2D eigenvalue weighted by molar-refractivity contribution is 0.0951. The summed E-state index contributed by atoms with van der Waals surface area (Å²) >= 11 is 0. The van der Waals surface area contributed by atoms with E-state index in [1.807, 2.05) is 36.7 Å². The van der Waals surface area contributed by atoms with Gasteiger partial charge in [-0.1, -0.05) is 30.7 Å². The van der Waals surface area contributed by atoms with E-state index in [1.54, 1.807) is 0 Å². The number of carbonyl (C=O) groups excluding carboxylic acids is 1. The molecule has 7 nitrogen and oxygen atoms in total. The van der Waals surface area contributed by atoms with Gasteiger partial charge in [-0.3, -0.25) is 4.79 Å². The first-order chi connectivity index (χ1) is 19.6. The fraction of sp³-hybridized carbons (Fsp3) is 0.394. The van der Waals surface area contributed by atoms with Crippen molar-refractivity contribution in [2.24, 2.45) is 0 Å². The Kier molecular flexibility index (Phi) is 8.11. The number of likely N-dealkylation sites (N-methyl/N-ethyl adjacent to an activating group) is 1. The molecule has 6 rings (SSSR count). The van der Waals surface area contributed by atoms with Gasteiger partial charge < -0.3 is 25.0 Å². The fourth-order valence-corrected chi connectivity index (χ4v) is 5.92. The highest BCUT2D eigenvalue weighted by atomic mass is 16.1. The Bertz CT molecular complexity index is 1410. The van der Waals surface area contributed by atoms with Crippen LogP contribution in [0.15, 0.2) is 67.0 Å². The van der Waals surface area contributed by atoms with Crippen LogP contribution < -0.4 is 10.2 Å². The smallest absolute Gasteiger partial charge is 0.251 e. The van der Waals surface area contributed by atoms with Gasteiger partial charge in [-0.25, -0.2) is 4.98 Å². The molecule has 0 aliphatic carbocycles. The lowest BCUT2D eigenvalue weighted by atomic mass is 10.0. The summed E-state index contributed by atoms with van der Waals surface area (Å²) in [4.78, 5) is 28.1. The largest absolute Gasteiger partial charge is 0.369 e. The minimum atomic E-state index is -0.00639. The Morgan fingerprint density at radius 1 is 0.875 bits per heavy atom. The molecule has 40 heavy (non-hydrogen) atoms. The topological polar surface area (TPSA) is 67.5 Å². The molecule has 2 saturated heterocycles. The molecule has 0 unspecified atom stereocenters. The van der Waals surface area contributed by atoms with Gasteiger partial charge in [0.05, 0.1) is 0 Å². The van der Waals surface area contributed by atoms with Gasteiger partial charge in [0.2, 0.25) is 0 Å². The summed E-state index contributed by atoms with van der Waals surface area (Å²) in [5.41, 5.74) is 7.25. The number of aromatic nitrogens is 2. The fourth-order valence-electron chi connectivity index (χ4n) is 5.92. The average molecular weight is 537 g/mol. The minimum absolute atomic E-state index is 0.00639. The normalized spacial score (nSPS) is 16.9. The predicted molar refractivity (Wildman–Crippen MR) is 164 cm³/mol. The zero-order valence-electron chi connectivity index (χ0n) is 23.5. The third kappa shape index (κ3) is 6.06. The quantitative estimate of drug-likeness (QED) is 0.301. The molecule has 2 aromatic carbocycles. The lowest BCUT2D eigenvalue weighted by Gasteiger charge is -2.34. The molecule has 2 fully saturated rings. The van der Waals surface area contributed by atoms with E-state index >= 15 is 0 Å². The third-order valence-corrected chi connectivity index (χ3v) is 8.44. The van der Waals surface area contributed by atoms with Crippen LogP contribution in [0.1, 0.15) is 36.0 Å². The predicted octanol–water partition coefficient (Wildman–Crippen LogP) is 5.25. The van der Waals surface area contributed by atoms with Crippen LogP contribution >= 0.6 is 0 Å². The number of nitrogens with zero attached hydrogens (tertiary/aromatic N) is 4. The van der Waals surface area contributed by atoms with Crippen LogP contribution in [0.5, 0.6) is 0 Å². The van der Waals surface area contributed by atoms with Crippen molar-refractivity contribution in [2.75, 3.05) is 64.3 Å². The Labute approximate surface area is 237 Å². The average Bonchev–Trinajstić information content (AvgIpc) is 3.44. The van der Waals surface area contributed by atoms with E-state index in [9.17, 15) is 4.79 Å². The number of hydrogen-bond donors (Lipinski definition) is 2. The minimum Gasteiger partial charge on any atom is -0.369 e. The molecular weight excluding hydrogens is 496 g/mol. The number of benzene rings is 2. The molecule has 0 spiro atoms. The van der Waals surface area contributed by atoms with Crippen LogP contribution in [-0.2, 0) is 0 Å². The van der Waals surface area contributed by atoms with E-state index in [4.69, 9.17) is 4.98 Å². The maximum Gasteiger partial charge on any atom is 0.251 e. The molecule has 4 heterocycles. The van der Waals surface area contributed by atoms with E-state index in [1.165, 1.54) is 38.0 Å². The van der Waals surface area contributed by atoms with Gasteiger partial charge in [-0.15, -0.1) is 0 Å². The zero-order valence-corrected chi connectivity index (χ0v) is 23.5. The number of rotatable bonds is 8. The van der Waals surface area contributed by atoms with E-state index in [-0.39, 0.29) is 5.91 Å². The summed E-state index contributed by atoms with van der Waals surface area (Å²) in [7, 11) is 2.18. The number of nitrogens with one attached hydrogen (secondary N) is 2. The number of likely N-dealkylation sites (tertiary alicyclic amines) is 1. The van der Waals surface area contributed by atoms with Crippen LogP contribution in [-0.4, -0.2) is 85.1 Å². The molecule has 0 radical (unpaired) electrons. The summed E-state index contributed by atoms with van der Waals surface area (Å²) < 4.78 is 0. The molecule has 0 atom stereocenters. The Balaban J connectivity index is 1.11. The summed E-state index contributed by atoms with van der Waals surface area (Å²) in [6.45, 7) is 8.50.